The van der Waals surface area contributed by atoms with Crippen LogP contribution in [-0.4, -0.2) is 99.5 Å². The molecule has 1 aliphatic carbocycles. The van der Waals surface area contributed by atoms with E-state index in [4.69, 9.17) is 32.2 Å². The van der Waals surface area contributed by atoms with Gasteiger partial charge in [-0.15, -0.1) is 0 Å². The van der Waals surface area contributed by atoms with E-state index in [-0.39, 0.29) is 18.1 Å². The number of carbonyl (C=O) groups excluding carboxylic acids is 2. The minimum atomic E-state index is -2.66. The van der Waals surface area contributed by atoms with Gasteiger partial charge in [0.15, 0.2) is 0 Å². The maximum absolute atomic E-state index is 12.0. The molecule has 0 spiro atoms. The zero-order valence-corrected chi connectivity index (χ0v) is 25.3. The van der Waals surface area contributed by atoms with Crippen molar-refractivity contribution in [2.24, 2.45) is 0 Å². The summed E-state index contributed by atoms with van der Waals surface area (Å²) in [5.74, 6) is -0.0554. The minimum Gasteiger partial charge on any atom is -0.446 e. The highest BCUT2D eigenvalue weighted by molar-refractivity contribution is 6.60. The van der Waals surface area contributed by atoms with Crippen molar-refractivity contribution in [3.05, 3.63) is 12.2 Å². The van der Waals surface area contributed by atoms with E-state index in [1.54, 1.807) is 0 Å². The second kappa shape index (κ2) is 24.3. The Morgan fingerprint density at radius 1 is 0.769 bits per heavy atom. The molecule has 0 radical (unpaired) electrons. The molecule has 0 saturated carbocycles. The molecule has 1 unspecified atom stereocenters. The Morgan fingerprint density at radius 2 is 1.38 bits per heavy atom. The summed E-state index contributed by atoms with van der Waals surface area (Å²) in [5.41, 5.74) is 0. The molecule has 0 bridgehead atoms. The zero-order valence-electron chi connectivity index (χ0n) is 24.3. The van der Waals surface area contributed by atoms with Crippen molar-refractivity contribution in [1.82, 2.24) is 10.6 Å². The van der Waals surface area contributed by atoms with Gasteiger partial charge < -0.3 is 42.9 Å². The number of amides is 2. The summed E-state index contributed by atoms with van der Waals surface area (Å²) in [6.45, 7) is 10.8. The number of rotatable bonds is 23. The van der Waals surface area contributed by atoms with E-state index in [1.807, 2.05) is 20.8 Å². The van der Waals surface area contributed by atoms with Gasteiger partial charge in [-0.3, -0.25) is 4.79 Å². The molecule has 0 fully saturated rings. The van der Waals surface area contributed by atoms with Gasteiger partial charge in [0.2, 0.25) is 5.91 Å². The second-order valence-electron chi connectivity index (χ2n) is 8.96. The molecule has 2 N–H and O–H groups in total. The molecule has 0 saturated heterocycles. The number of carbonyl (C=O) groups is 2. The van der Waals surface area contributed by atoms with Crippen molar-refractivity contribution in [3.63, 3.8) is 0 Å². The predicted molar refractivity (Wildman–Crippen MR) is 151 cm³/mol. The lowest BCUT2D eigenvalue weighted by Crippen LogP contribution is -2.46. The summed E-state index contributed by atoms with van der Waals surface area (Å²) in [7, 11) is -2.66. The van der Waals surface area contributed by atoms with Crippen LogP contribution in [0.1, 0.15) is 65.7 Å². The highest BCUT2D eigenvalue weighted by Crippen LogP contribution is 2.18. The molecule has 2 amide bonds. The number of allylic oxidation sites excluding steroid dienone is 2. The van der Waals surface area contributed by atoms with Gasteiger partial charge in [0, 0.05) is 45.4 Å². The monoisotopic (exact) mass is 576 g/mol. The number of hydrogen-bond acceptors (Lipinski definition) is 9. The van der Waals surface area contributed by atoms with Crippen molar-refractivity contribution in [3.8, 4) is 0 Å². The Hall–Kier alpha value is -1.54. The van der Waals surface area contributed by atoms with E-state index >= 15 is 0 Å². The molecule has 12 heteroatoms. The van der Waals surface area contributed by atoms with Gasteiger partial charge in [-0.05, 0) is 59.3 Å². The average molecular weight is 577 g/mol. The summed E-state index contributed by atoms with van der Waals surface area (Å²) in [6.07, 6.45) is 9.79. The van der Waals surface area contributed by atoms with Gasteiger partial charge in [-0.2, -0.15) is 0 Å². The Morgan fingerprint density at radius 3 is 2.05 bits per heavy atom. The van der Waals surface area contributed by atoms with E-state index in [1.165, 1.54) is 0 Å². The summed E-state index contributed by atoms with van der Waals surface area (Å²) >= 11 is 0. The lowest BCUT2D eigenvalue weighted by Gasteiger charge is -2.28. The molecule has 1 atom stereocenters. The Labute approximate surface area is 236 Å². The Kier molecular flexibility index (Phi) is 22.1. The summed E-state index contributed by atoms with van der Waals surface area (Å²) < 4.78 is 39.3. The van der Waals surface area contributed by atoms with Crippen molar-refractivity contribution in [2.45, 2.75) is 77.9 Å². The van der Waals surface area contributed by atoms with Gasteiger partial charge in [0.1, 0.15) is 6.10 Å². The Bertz CT molecular complexity index is 638. The zero-order chi connectivity index (χ0) is 28.4. The van der Waals surface area contributed by atoms with Gasteiger partial charge in [-0.1, -0.05) is 12.2 Å². The van der Waals surface area contributed by atoms with E-state index in [2.05, 4.69) is 22.8 Å². The number of ether oxygens (including phenoxy) is 4. The van der Waals surface area contributed by atoms with Gasteiger partial charge in [0.05, 0.1) is 39.6 Å². The highest BCUT2D eigenvalue weighted by Gasteiger charge is 2.39. The maximum atomic E-state index is 12.0. The molecule has 11 nitrogen and oxygen atoms in total. The molecule has 1 aliphatic rings. The lowest BCUT2D eigenvalue weighted by atomic mass is 10.0. The molecule has 0 aliphatic heterocycles. The van der Waals surface area contributed by atoms with Crippen LogP contribution in [0.2, 0.25) is 6.04 Å². The Balaban J connectivity index is 1.92. The SMILES string of the molecule is CCO[Si](CCCNC(=O)CCOCCOCCOCCNC(=O)OC1CC/C=C/CCC1)(OCC)OCC. The summed E-state index contributed by atoms with van der Waals surface area (Å²) in [6, 6.07) is 0.669. The van der Waals surface area contributed by atoms with E-state index < -0.39 is 8.80 Å². The van der Waals surface area contributed by atoms with Crippen molar-refractivity contribution in [1.29, 1.82) is 0 Å². The average Bonchev–Trinajstić information content (AvgIpc) is 2.89. The van der Waals surface area contributed by atoms with E-state index in [0.717, 1.165) is 38.5 Å². The van der Waals surface area contributed by atoms with Gasteiger partial charge in [-0.25, -0.2) is 4.79 Å². The van der Waals surface area contributed by atoms with Crippen LogP contribution in [-0.2, 0) is 37.0 Å². The molecule has 228 valence electrons. The fraction of sp³-hybridized carbons (Fsp3) is 0.852. The first-order valence-corrected chi connectivity index (χ1v) is 16.5. The van der Waals surface area contributed by atoms with E-state index in [0.29, 0.717) is 85.0 Å². The molecular formula is C27H52N2O9Si. The van der Waals surface area contributed by atoms with Crippen molar-refractivity contribution in [2.75, 3.05) is 72.6 Å². The third kappa shape index (κ3) is 19.2. The van der Waals surface area contributed by atoms with Crippen LogP contribution in [0.4, 0.5) is 4.79 Å². The molecular weight excluding hydrogens is 524 g/mol. The third-order valence-corrected chi connectivity index (χ3v) is 8.95. The van der Waals surface area contributed by atoms with Crippen LogP contribution in [0.3, 0.4) is 0 Å². The highest BCUT2D eigenvalue weighted by atomic mass is 28.4. The largest absolute Gasteiger partial charge is 0.500 e. The summed E-state index contributed by atoms with van der Waals surface area (Å²) in [5, 5.41) is 5.63. The fourth-order valence-electron chi connectivity index (χ4n) is 3.99. The van der Waals surface area contributed by atoms with Gasteiger partial charge >= 0.3 is 14.9 Å². The smallest absolute Gasteiger partial charge is 0.446 e. The first-order chi connectivity index (χ1) is 19.0. The molecule has 0 heterocycles. The van der Waals surface area contributed by atoms with Crippen LogP contribution in [0, 0.1) is 0 Å². The standard InChI is InChI=1S/C27H52N2O9Si/c1-4-35-39(36-5-2,37-6-3)24-12-16-28-26(30)15-18-32-20-22-34-23-21-33-19-17-29-27(31)38-25-13-10-8-7-9-11-14-25/h7-8,25H,4-6,9-24H2,1-3H3,(H,28,30)(H,29,31)/b8-7+. The minimum absolute atomic E-state index is 0.0131. The normalized spacial score (nSPS) is 16.7. The number of hydrogen-bond donors (Lipinski definition) is 2. The summed E-state index contributed by atoms with van der Waals surface area (Å²) in [4.78, 5) is 23.9. The van der Waals surface area contributed by atoms with Crippen LogP contribution < -0.4 is 10.6 Å². The molecule has 1 rings (SSSR count). The topological polar surface area (TPSA) is 123 Å². The second-order valence-corrected chi connectivity index (χ2v) is 11.7. The quantitative estimate of drug-likeness (QED) is 0.107. The van der Waals surface area contributed by atoms with E-state index in [9.17, 15) is 9.59 Å². The van der Waals surface area contributed by atoms with Crippen LogP contribution in [0.15, 0.2) is 12.2 Å². The predicted octanol–water partition coefficient (Wildman–Crippen LogP) is 3.60. The van der Waals surface area contributed by atoms with Crippen molar-refractivity contribution < 1.29 is 41.8 Å². The lowest BCUT2D eigenvalue weighted by molar-refractivity contribution is -0.122. The van der Waals surface area contributed by atoms with Crippen LogP contribution in [0.5, 0.6) is 0 Å². The van der Waals surface area contributed by atoms with Gasteiger partial charge in [0.25, 0.3) is 0 Å². The molecule has 0 aromatic heterocycles. The van der Waals surface area contributed by atoms with Crippen LogP contribution >= 0.6 is 0 Å². The number of nitrogens with one attached hydrogen (secondary N) is 2. The molecule has 39 heavy (non-hydrogen) atoms. The fourth-order valence-corrected chi connectivity index (χ4v) is 6.60. The first-order valence-electron chi connectivity index (χ1n) is 14.6. The first kappa shape index (κ1) is 35.5. The molecule has 0 aromatic carbocycles. The third-order valence-electron chi connectivity index (χ3n) is 5.80. The van der Waals surface area contributed by atoms with Crippen LogP contribution in [0.25, 0.3) is 0 Å². The number of alkyl carbamates (subject to hydrolysis) is 1. The maximum Gasteiger partial charge on any atom is 0.500 e. The van der Waals surface area contributed by atoms with Crippen molar-refractivity contribution >= 4 is 20.8 Å². The molecule has 0 aromatic rings.